The van der Waals surface area contributed by atoms with Crippen molar-refractivity contribution in [1.82, 2.24) is 9.88 Å². The van der Waals surface area contributed by atoms with E-state index in [4.69, 9.17) is 0 Å². The first-order chi connectivity index (χ1) is 10.2. The van der Waals surface area contributed by atoms with Crippen molar-refractivity contribution < 1.29 is 4.79 Å². The molecule has 21 heavy (non-hydrogen) atoms. The number of hydrogen-bond acceptors (Lipinski definition) is 3. The highest BCUT2D eigenvalue weighted by Crippen LogP contribution is 2.16. The fourth-order valence-corrected chi connectivity index (χ4v) is 2.01. The molecule has 1 aromatic carbocycles. The maximum Gasteiger partial charge on any atom is 0.272 e. The molecule has 0 aliphatic heterocycles. The number of nitrogens with one attached hydrogen (secondary N) is 1. The molecular formula is C17H21N3O. The number of para-hydroxylation sites is 1. The lowest BCUT2D eigenvalue weighted by Crippen LogP contribution is -2.28. The molecule has 4 nitrogen and oxygen atoms in total. The molecule has 0 atom stereocenters. The molecule has 0 bridgehead atoms. The van der Waals surface area contributed by atoms with Crippen LogP contribution in [0.5, 0.6) is 0 Å². The normalized spacial score (nSPS) is 10.2. The number of unbranched alkanes of at least 4 members (excludes halogenated alkanes) is 1. The van der Waals surface area contributed by atoms with Crippen LogP contribution in [0.3, 0.4) is 0 Å². The van der Waals surface area contributed by atoms with Gasteiger partial charge in [0.1, 0.15) is 5.69 Å². The van der Waals surface area contributed by atoms with E-state index >= 15 is 0 Å². The summed E-state index contributed by atoms with van der Waals surface area (Å²) in [6, 6.07) is 13.5. The van der Waals surface area contributed by atoms with Crippen molar-refractivity contribution in [1.29, 1.82) is 0 Å². The van der Waals surface area contributed by atoms with Crippen molar-refractivity contribution in [2.75, 3.05) is 18.9 Å². The van der Waals surface area contributed by atoms with Gasteiger partial charge in [-0.2, -0.15) is 0 Å². The maximum absolute atomic E-state index is 12.3. The first-order valence-electron chi connectivity index (χ1n) is 7.24. The Morgan fingerprint density at radius 1 is 1.19 bits per heavy atom. The van der Waals surface area contributed by atoms with Crippen LogP contribution in [0.4, 0.5) is 11.4 Å². The Kier molecular flexibility index (Phi) is 5.32. The highest BCUT2D eigenvalue weighted by Gasteiger charge is 2.13. The van der Waals surface area contributed by atoms with Crippen molar-refractivity contribution >= 4 is 17.3 Å². The SMILES string of the molecule is CCCCN(C)C(=O)c1cc(Nc2ccccc2)ccn1. The largest absolute Gasteiger partial charge is 0.355 e. The fraction of sp³-hybridized carbons (Fsp3) is 0.294. The zero-order valence-corrected chi connectivity index (χ0v) is 12.5. The number of nitrogens with zero attached hydrogens (tertiary/aromatic N) is 2. The van der Waals surface area contributed by atoms with Gasteiger partial charge in [-0.3, -0.25) is 9.78 Å². The minimum Gasteiger partial charge on any atom is -0.355 e. The predicted octanol–water partition coefficient (Wildman–Crippen LogP) is 3.70. The van der Waals surface area contributed by atoms with Crippen LogP contribution in [0.1, 0.15) is 30.3 Å². The number of amides is 1. The number of carbonyl (C=O) groups is 1. The number of benzene rings is 1. The van der Waals surface area contributed by atoms with Crippen LogP contribution in [0.25, 0.3) is 0 Å². The van der Waals surface area contributed by atoms with Crippen LogP contribution in [-0.2, 0) is 0 Å². The molecule has 1 N–H and O–H groups in total. The quantitative estimate of drug-likeness (QED) is 0.879. The predicted molar refractivity (Wildman–Crippen MR) is 85.8 cm³/mol. The van der Waals surface area contributed by atoms with Gasteiger partial charge in [0.05, 0.1) is 0 Å². The molecule has 0 aliphatic rings. The minimum absolute atomic E-state index is 0.0415. The monoisotopic (exact) mass is 283 g/mol. The average molecular weight is 283 g/mol. The molecule has 0 unspecified atom stereocenters. The Morgan fingerprint density at radius 2 is 1.95 bits per heavy atom. The van der Waals surface area contributed by atoms with E-state index in [0.29, 0.717) is 5.69 Å². The lowest BCUT2D eigenvalue weighted by molar-refractivity contribution is 0.0787. The molecule has 4 heteroatoms. The van der Waals surface area contributed by atoms with Gasteiger partial charge in [-0.1, -0.05) is 31.5 Å². The first kappa shape index (κ1) is 15.0. The summed E-state index contributed by atoms with van der Waals surface area (Å²) in [6.07, 6.45) is 3.73. The Balaban J connectivity index is 2.08. The van der Waals surface area contributed by atoms with Crippen LogP contribution in [0, 0.1) is 0 Å². The second-order valence-corrected chi connectivity index (χ2v) is 5.00. The van der Waals surface area contributed by atoms with E-state index in [9.17, 15) is 4.79 Å². The van der Waals surface area contributed by atoms with Crippen LogP contribution in [0.2, 0.25) is 0 Å². The highest BCUT2D eigenvalue weighted by atomic mass is 16.2. The van der Waals surface area contributed by atoms with Gasteiger partial charge in [0.15, 0.2) is 0 Å². The van der Waals surface area contributed by atoms with E-state index in [1.807, 2.05) is 43.4 Å². The number of carbonyl (C=O) groups excluding carboxylic acids is 1. The molecular weight excluding hydrogens is 262 g/mol. The van der Waals surface area contributed by atoms with Gasteiger partial charge in [0.2, 0.25) is 0 Å². The summed E-state index contributed by atoms with van der Waals surface area (Å²) >= 11 is 0. The van der Waals surface area contributed by atoms with E-state index in [0.717, 1.165) is 30.8 Å². The minimum atomic E-state index is -0.0415. The van der Waals surface area contributed by atoms with Gasteiger partial charge in [-0.25, -0.2) is 0 Å². The fourth-order valence-electron chi connectivity index (χ4n) is 2.01. The second-order valence-electron chi connectivity index (χ2n) is 5.00. The van der Waals surface area contributed by atoms with Crippen molar-refractivity contribution in [2.45, 2.75) is 19.8 Å². The molecule has 1 amide bonds. The lowest BCUT2D eigenvalue weighted by Gasteiger charge is -2.16. The number of rotatable bonds is 6. The zero-order chi connectivity index (χ0) is 15.1. The average Bonchev–Trinajstić information content (AvgIpc) is 2.53. The Bertz CT molecular complexity index is 584. The van der Waals surface area contributed by atoms with Gasteiger partial charge in [-0.05, 0) is 30.7 Å². The smallest absolute Gasteiger partial charge is 0.272 e. The van der Waals surface area contributed by atoms with Gasteiger partial charge in [0, 0.05) is 31.2 Å². The zero-order valence-electron chi connectivity index (χ0n) is 12.5. The van der Waals surface area contributed by atoms with Crippen molar-refractivity contribution in [2.24, 2.45) is 0 Å². The van der Waals surface area contributed by atoms with E-state index in [1.165, 1.54) is 0 Å². The Labute approximate surface area is 125 Å². The van der Waals surface area contributed by atoms with Crippen molar-refractivity contribution in [3.8, 4) is 0 Å². The molecule has 0 saturated carbocycles. The maximum atomic E-state index is 12.3. The van der Waals surface area contributed by atoms with Crippen molar-refractivity contribution in [3.63, 3.8) is 0 Å². The summed E-state index contributed by atoms with van der Waals surface area (Å²) in [5, 5.41) is 3.27. The highest BCUT2D eigenvalue weighted by molar-refractivity contribution is 5.93. The number of pyridine rings is 1. The van der Waals surface area contributed by atoms with Gasteiger partial charge >= 0.3 is 0 Å². The van der Waals surface area contributed by atoms with E-state index in [1.54, 1.807) is 17.2 Å². The summed E-state index contributed by atoms with van der Waals surface area (Å²) in [6.45, 7) is 2.87. The first-order valence-corrected chi connectivity index (χ1v) is 7.24. The topological polar surface area (TPSA) is 45.2 Å². The molecule has 110 valence electrons. The summed E-state index contributed by atoms with van der Waals surface area (Å²) in [5.74, 6) is -0.0415. The lowest BCUT2D eigenvalue weighted by atomic mass is 10.2. The van der Waals surface area contributed by atoms with Crippen LogP contribution >= 0.6 is 0 Å². The van der Waals surface area contributed by atoms with Gasteiger partial charge in [0.25, 0.3) is 5.91 Å². The molecule has 0 aliphatic carbocycles. The third kappa shape index (κ3) is 4.31. The summed E-state index contributed by atoms with van der Waals surface area (Å²) in [7, 11) is 1.82. The van der Waals surface area contributed by atoms with Crippen molar-refractivity contribution in [3.05, 3.63) is 54.4 Å². The van der Waals surface area contributed by atoms with Gasteiger partial charge < -0.3 is 10.2 Å². The molecule has 1 heterocycles. The molecule has 2 rings (SSSR count). The van der Waals surface area contributed by atoms with Gasteiger partial charge in [-0.15, -0.1) is 0 Å². The standard InChI is InChI=1S/C17H21N3O/c1-3-4-12-20(2)17(21)16-13-15(10-11-18-16)19-14-8-6-5-7-9-14/h5-11,13H,3-4,12H2,1-2H3,(H,18,19). The van der Waals surface area contributed by atoms with Crippen LogP contribution in [-0.4, -0.2) is 29.4 Å². The number of hydrogen-bond donors (Lipinski definition) is 1. The molecule has 1 aromatic heterocycles. The molecule has 0 fully saturated rings. The molecule has 0 saturated heterocycles. The summed E-state index contributed by atoms with van der Waals surface area (Å²) in [4.78, 5) is 18.2. The number of anilines is 2. The van der Waals surface area contributed by atoms with E-state index in [-0.39, 0.29) is 5.91 Å². The van der Waals surface area contributed by atoms with E-state index < -0.39 is 0 Å². The Morgan fingerprint density at radius 3 is 2.67 bits per heavy atom. The van der Waals surface area contributed by atoms with Crippen LogP contribution in [0.15, 0.2) is 48.7 Å². The number of aromatic nitrogens is 1. The summed E-state index contributed by atoms with van der Waals surface area (Å²) < 4.78 is 0. The molecule has 0 radical (unpaired) electrons. The summed E-state index contributed by atoms with van der Waals surface area (Å²) in [5.41, 5.74) is 2.32. The molecule has 2 aromatic rings. The Hall–Kier alpha value is -2.36. The third-order valence-corrected chi connectivity index (χ3v) is 3.24. The van der Waals surface area contributed by atoms with Crippen LogP contribution < -0.4 is 5.32 Å². The van der Waals surface area contributed by atoms with E-state index in [2.05, 4.69) is 17.2 Å². The molecule has 0 spiro atoms. The third-order valence-electron chi connectivity index (χ3n) is 3.24. The second kappa shape index (κ2) is 7.43.